The quantitative estimate of drug-likeness (QED) is 0.787. The lowest BCUT2D eigenvalue weighted by atomic mass is 9.88. The molecule has 1 amide bonds. The second-order valence-electron chi connectivity index (χ2n) is 5.77. The molecule has 0 radical (unpaired) electrons. The zero-order valence-electron chi connectivity index (χ0n) is 10.8. The van der Waals surface area contributed by atoms with E-state index in [4.69, 9.17) is 5.73 Å². The molecule has 2 fully saturated rings. The largest absolute Gasteiger partial charge is 0.356 e. The van der Waals surface area contributed by atoms with Crippen molar-refractivity contribution in [3.8, 4) is 0 Å². The van der Waals surface area contributed by atoms with Crippen LogP contribution >= 0.6 is 0 Å². The fourth-order valence-corrected chi connectivity index (χ4v) is 3.43. The standard InChI is InChI=1S/C14H26N2O/c15-9-12-7-4-8-13(12)10-16-14(17)11-5-2-1-3-6-11/h11-13H,1-10,15H2,(H,16,17). The van der Waals surface area contributed by atoms with Crippen LogP contribution in [0.15, 0.2) is 0 Å². The highest BCUT2D eigenvalue weighted by atomic mass is 16.1. The Bertz CT molecular complexity index is 249. The lowest BCUT2D eigenvalue weighted by Gasteiger charge is -2.23. The van der Waals surface area contributed by atoms with E-state index in [0.717, 1.165) is 25.9 Å². The summed E-state index contributed by atoms with van der Waals surface area (Å²) in [5, 5.41) is 3.16. The van der Waals surface area contributed by atoms with Gasteiger partial charge in [0.05, 0.1) is 0 Å². The van der Waals surface area contributed by atoms with Gasteiger partial charge in [-0.2, -0.15) is 0 Å². The summed E-state index contributed by atoms with van der Waals surface area (Å²) in [6.45, 7) is 1.64. The molecule has 3 nitrogen and oxygen atoms in total. The summed E-state index contributed by atoms with van der Waals surface area (Å²) in [6.07, 6.45) is 9.73. The predicted molar refractivity (Wildman–Crippen MR) is 69.5 cm³/mol. The molecule has 0 saturated heterocycles. The molecule has 0 aliphatic heterocycles. The first kappa shape index (κ1) is 12.9. The van der Waals surface area contributed by atoms with E-state index >= 15 is 0 Å². The Labute approximate surface area is 105 Å². The smallest absolute Gasteiger partial charge is 0.223 e. The summed E-state index contributed by atoms with van der Waals surface area (Å²) in [4.78, 5) is 12.0. The van der Waals surface area contributed by atoms with Crippen LogP contribution < -0.4 is 11.1 Å². The Kier molecular flexibility index (Phi) is 4.84. The molecule has 2 aliphatic rings. The van der Waals surface area contributed by atoms with Gasteiger partial charge in [-0.25, -0.2) is 0 Å². The monoisotopic (exact) mass is 238 g/mol. The molecule has 0 bridgehead atoms. The maximum Gasteiger partial charge on any atom is 0.223 e. The number of amides is 1. The highest BCUT2D eigenvalue weighted by Gasteiger charge is 2.27. The van der Waals surface area contributed by atoms with Gasteiger partial charge in [-0.05, 0) is 44.1 Å². The first-order chi connectivity index (χ1) is 8.31. The van der Waals surface area contributed by atoms with E-state index in [1.54, 1.807) is 0 Å². The van der Waals surface area contributed by atoms with E-state index in [-0.39, 0.29) is 0 Å². The molecule has 0 spiro atoms. The molecular weight excluding hydrogens is 212 g/mol. The molecule has 2 aliphatic carbocycles. The Morgan fingerprint density at radius 1 is 1.00 bits per heavy atom. The topological polar surface area (TPSA) is 55.1 Å². The van der Waals surface area contributed by atoms with Gasteiger partial charge in [0.1, 0.15) is 0 Å². The van der Waals surface area contributed by atoms with Gasteiger partial charge in [-0.1, -0.05) is 25.7 Å². The Morgan fingerprint density at radius 2 is 1.71 bits per heavy atom. The SMILES string of the molecule is NCC1CCCC1CNC(=O)C1CCCCC1. The second-order valence-corrected chi connectivity index (χ2v) is 5.77. The van der Waals surface area contributed by atoms with Crippen LogP contribution in [0.25, 0.3) is 0 Å². The van der Waals surface area contributed by atoms with Crippen molar-refractivity contribution in [1.82, 2.24) is 5.32 Å². The van der Waals surface area contributed by atoms with Crippen molar-refractivity contribution >= 4 is 5.91 Å². The Morgan fingerprint density at radius 3 is 2.41 bits per heavy atom. The van der Waals surface area contributed by atoms with Crippen molar-refractivity contribution in [3.05, 3.63) is 0 Å². The zero-order chi connectivity index (χ0) is 12.1. The maximum atomic E-state index is 12.0. The number of hydrogen-bond donors (Lipinski definition) is 2. The molecule has 3 N–H and O–H groups in total. The highest BCUT2D eigenvalue weighted by molar-refractivity contribution is 5.78. The molecule has 2 unspecified atom stereocenters. The lowest BCUT2D eigenvalue weighted by molar-refractivity contribution is -0.126. The van der Waals surface area contributed by atoms with Gasteiger partial charge in [0.25, 0.3) is 0 Å². The number of carbonyl (C=O) groups excluding carboxylic acids is 1. The third-order valence-corrected chi connectivity index (χ3v) is 4.63. The molecule has 2 saturated carbocycles. The summed E-state index contributed by atoms with van der Waals surface area (Å²) >= 11 is 0. The number of carbonyl (C=O) groups is 1. The van der Waals surface area contributed by atoms with E-state index in [1.165, 1.54) is 38.5 Å². The Hall–Kier alpha value is -0.570. The first-order valence-electron chi connectivity index (χ1n) is 7.29. The summed E-state index contributed by atoms with van der Waals surface area (Å²) in [5.41, 5.74) is 5.76. The van der Waals surface area contributed by atoms with Crippen LogP contribution in [0.3, 0.4) is 0 Å². The van der Waals surface area contributed by atoms with Gasteiger partial charge >= 0.3 is 0 Å². The van der Waals surface area contributed by atoms with Crippen LogP contribution in [0.2, 0.25) is 0 Å². The van der Waals surface area contributed by atoms with Crippen LogP contribution in [-0.4, -0.2) is 19.0 Å². The number of nitrogens with one attached hydrogen (secondary N) is 1. The molecule has 0 aromatic rings. The van der Waals surface area contributed by atoms with E-state index in [0.29, 0.717) is 23.7 Å². The molecule has 2 atom stereocenters. The average molecular weight is 238 g/mol. The van der Waals surface area contributed by atoms with Crippen LogP contribution in [0.1, 0.15) is 51.4 Å². The molecule has 3 heteroatoms. The average Bonchev–Trinajstić information content (AvgIpc) is 2.84. The minimum atomic E-state index is 0.293. The summed E-state index contributed by atoms with van der Waals surface area (Å²) in [7, 11) is 0. The van der Waals surface area contributed by atoms with Crippen molar-refractivity contribution in [2.45, 2.75) is 51.4 Å². The zero-order valence-corrected chi connectivity index (χ0v) is 10.8. The minimum absolute atomic E-state index is 0.293. The number of nitrogens with two attached hydrogens (primary N) is 1. The molecule has 2 rings (SSSR count). The second kappa shape index (κ2) is 6.39. The van der Waals surface area contributed by atoms with Crippen LogP contribution in [0.4, 0.5) is 0 Å². The third kappa shape index (κ3) is 3.44. The lowest BCUT2D eigenvalue weighted by Crippen LogP contribution is -2.37. The summed E-state index contributed by atoms with van der Waals surface area (Å²) in [5.74, 6) is 1.86. The van der Waals surface area contributed by atoms with Crippen LogP contribution in [-0.2, 0) is 4.79 Å². The maximum absolute atomic E-state index is 12.0. The number of hydrogen-bond acceptors (Lipinski definition) is 2. The normalized spacial score (nSPS) is 30.4. The van der Waals surface area contributed by atoms with Crippen molar-refractivity contribution in [2.75, 3.05) is 13.1 Å². The van der Waals surface area contributed by atoms with Crippen molar-refractivity contribution in [1.29, 1.82) is 0 Å². The van der Waals surface area contributed by atoms with Crippen molar-refractivity contribution in [3.63, 3.8) is 0 Å². The summed E-state index contributed by atoms with van der Waals surface area (Å²) in [6, 6.07) is 0. The van der Waals surface area contributed by atoms with Gasteiger partial charge in [0, 0.05) is 12.5 Å². The number of rotatable bonds is 4. The third-order valence-electron chi connectivity index (χ3n) is 4.63. The van der Waals surface area contributed by atoms with Crippen LogP contribution in [0.5, 0.6) is 0 Å². The molecule has 0 aromatic carbocycles. The predicted octanol–water partition coefficient (Wildman–Crippen LogP) is 2.06. The van der Waals surface area contributed by atoms with Gasteiger partial charge < -0.3 is 11.1 Å². The van der Waals surface area contributed by atoms with E-state index in [9.17, 15) is 4.79 Å². The van der Waals surface area contributed by atoms with Crippen LogP contribution in [0, 0.1) is 17.8 Å². The molecular formula is C14H26N2O. The van der Waals surface area contributed by atoms with Gasteiger partial charge in [-0.15, -0.1) is 0 Å². The van der Waals surface area contributed by atoms with E-state index in [2.05, 4.69) is 5.32 Å². The fraction of sp³-hybridized carbons (Fsp3) is 0.929. The van der Waals surface area contributed by atoms with E-state index < -0.39 is 0 Å². The molecule has 0 heterocycles. The molecule has 98 valence electrons. The molecule has 17 heavy (non-hydrogen) atoms. The van der Waals surface area contributed by atoms with Crippen molar-refractivity contribution < 1.29 is 4.79 Å². The first-order valence-corrected chi connectivity index (χ1v) is 7.29. The summed E-state index contributed by atoms with van der Waals surface area (Å²) < 4.78 is 0. The minimum Gasteiger partial charge on any atom is -0.356 e. The fourth-order valence-electron chi connectivity index (χ4n) is 3.43. The van der Waals surface area contributed by atoms with Gasteiger partial charge in [0.15, 0.2) is 0 Å². The van der Waals surface area contributed by atoms with E-state index in [1.807, 2.05) is 0 Å². The van der Waals surface area contributed by atoms with Crippen molar-refractivity contribution in [2.24, 2.45) is 23.5 Å². The van der Waals surface area contributed by atoms with Gasteiger partial charge in [-0.3, -0.25) is 4.79 Å². The van der Waals surface area contributed by atoms with Gasteiger partial charge in [0.2, 0.25) is 5.91 Å². The Balaban J connectivity index is 1.71. The highest BCUT2D eigenvalue weighted by Crippen LogP contribution is 2.30. The molecule has 0 aromatic heterocycles.